The van der Waals surface area contributed by atoms with Crippen LogP contribution < -0.4 is 10.6 Å². The number of anilines is 1. The van der Waals surface area contributed by atoms with E-state index in [9.17, 15) is 14.7 Å². The average Bonchev–Trinajstić information content (AvgIpc) is 2.40. The molecule has 20 heavy (non-hydrogen) atoms. The first-order valence-electron chi connectivity index (χ1n) is 6.54. The van der Waals surface area contributed by atoms with Gasteiger partial charge in [0.15, 0.2) is 0 Å². The largest absolute Gasteiger partial charge is 0.478 e. The number of benzene rings is 1. The van der Waals surface area contributed by atoms with Crippen LogP contribution in [0.4, 0.5) is 5.69 Å². The third kappa shape index (κ3) is 3.69. The molecule has 0 bridgehead atoms. The lowest BCUT2D eigenvalue weighted by Crippen LogP contribution is -2.45. The smallest absolute Gasteiger partial charge is 0.337 e. The van der Waals surface area contributed by atoms with Gasteiger partial charge in [0.2, 0.25) is 5.91 Å². The summed E-state index contributed by atoms with van der Waals surface area (Å²) < 4.78 is 0.822. The van der Waals surface area contributed by atoms with E-state index >= 15 is 0 Å². The van der Waals surface area contributed by atoms with Crippen molar-refractivity contribution >= 4 is 40.2 Å². The third-order valence-electron chi connectivity index (χ3n) is 3.45. The minimum atomic E-state index is -1.04. The van der Waals surface area contributed by atoms with Crippen LogP contribution in [-0.4, -0.2) is 29.6 Å². The van der Waals surface area contributed by atoms with Crippen LogP contribution in [-0.2, 0) is 4.79 Å². The Morgan fingerprint density at radius 2 is 2.20 bits per heavy atom. The van der Waals surface area contributed by atoms with Crippen LogP contribution in [0.2, 0.25) is 0 Å². The second-order valence-corrected chi connectivity index (χ2v) is 6.37. The molecule has 1 amide bonds. The van der Waals surface area contributed by atoms with Crippen LogP contribution in [0.25, 0.3) is 0 Å². The number of hydrogen-bond acceptors (Lipinski definition) is 3. The normalized spacial score (nSPS) is 22.3. The highest BCUT2D eigenvalue weighted by atomic mass is 127. The van der Waals surface area contributed by atoms with Crippen molar-refractivity contribution in [1.82, 2.24) is 5.32 Å². The Morgan fingerprint density at radius 1 is 1.45 bits per heavy atom. The fourth-order valence-corrected chi connectivity index (χ4v) is 2.82. The van der Waals surface area contributed by atoms with E-state index in [1.165, 1.54) is 0 Å². The number of carbonyl (C=O) groups is 2. The van der Waals surface area contributed by atoms with Crippen molar-refractivity contribution in [2.24, 2.45) is 5.92 Å². The SMILES string of the molecule is CC1CCNC(C(=O)Nc2ccc(I)cc2C(=O)O)C1. The molecule has 0 aromatic heterocycles. The summed E-state index contributed by atoms with van der Waals surface area (Å²) in [6.45, 7) is 2.94. The molecule has 1 saturated heterocycles. The van der Waals surface area contributed by atoms with Gasteiger partial charge in [-0.3, -0.25) is 4.79 Å². The van der Waals surface area contributed by atoms with Gasteiger partial charge in [-0.25, -0.2) is 4.79 Å². The molecule has 108 valence electrons. The van der Waals surface area contributed by atoms with E-state index < -0.39 is 5.97 Å². The first-order valence-corrected chi connectivity index (χ1v) is 7.62. The standard InChI is InChI=1S/C14H17IN2O3/c1-8-4-5-16-12(6-8)13(18)17-11-3-2-9(15)7-10(11)14(19)20/h2-3,7-8,12,16H,4-6H2,1H3,(H,17,18)(H,19,20). The number of rotatable bonds is 3. The lowest BCUT2D eigenvalue weighted by Gasteiger charge is -2.27. The molecule has 6 heteroatoms. The summed E-state index contributed by atoms with van der Waals surface area (Å²) in [5.74, 6) is -0.702. The van der Waals surface area contributed by atoms with Crippen LogP contribution in [0.5, 0.6) is 0 Å². The third-order valence-corrected chi connectivity index (χ3v) is 4.12. The van der Waals surface area contributed by atoms with Gasteiger partial charge in [-0.05, 0) is 66.1 Å². The molecule has 2 unspecified atom stereocenters. The molecule has 2 atom stereocenters. The Bertz CT molecular complexity index is 533. The fourth-order valence-electron chi connectivity index (χ4n) is 2.33. The van der Waals surface area contributed by atoms with E-state index in [0.717, 1.165) is 23.0 Å². The maximum Gasteiger partial charge on any atom is 0.337 e. The molecule has 1 aromatic rings. The van der Waals surface area contributed by atoms with E-state index in [2.05, 4.69) is 17.6 Å². The summed E-state index contributed by atoms with van der Waals surface area (Å²) in [5.41, 5.74) is 0.469. The monoisotopic (exact) mass is 388 g/mol. The highest BCUT2D eigenvalue weighted by molar-refractivity contribution is 14.1. The molecule has 2 rings (SSSR count). The Balaban J connectivity index is 2.13. The van der Waals surface area contributed by atoms with Crippen LogP contribution in [0.15, 0.2) is 18.2 Å². The van der Waals surface area contributed by atoms with Gasteiger partial charge in [0, 0.05) is 3.57 Å². The van der Waals surface area contributed by atoms with Crippen molar-refractivity contribution in [3.8, 4) is 0 Å². The van der Waals surface area contributed by atoms with Gasteiger partial charge in [-0.15, -0.1) is 0 Å². The first-order chi connectivity index (χ1) is 9.47. The van der Waals surface area contributed by atoms with Crippen molar-refractivity contribution in [3.05, 3.63) is 27.3 Å². The van der Waals surface area contributed by atoms with Gasteiger partial charge >= 0.3 is 5.97 Å². The maximum absolute atomic E-state index is 12.2. The van der Waals surface area contributed by atoms with E-state index in [1.54, 1.807) is 18.2 Å². The second-order valence-electron chi connectivity index (χ2n) is 5.12. The van der Waals surface area contributed by atoms with Crippen LogP contribution in [0, 0.1) is 9.49 Å². The van der Waals surface area contributed by atoms with Gasteiger partial charge in [0.1, 0.15) is 0 Å². The fraction of sp³-hybridized carbons (Fsp3) is 0.429. The first kappa shape index (κ1) is 15.2. The molecule has 0 radical (unpaired) electrons. The Kier molecular flexibility index (Phi) is 4.98. The number of aromatic carboxylic acids is 1. The lowest BCUT2D eigenvalue weighted by atomic mass is 9.94. The molecular formula is C14H17IN2O3. The molecule has 0 aliphatic carbocycles. The summed E-state index contributed by atoms with van der Waals surface area (Å²) in [7, 11) is 0. The summed E-state index contributed by atoms with van der Waals surface area (Å²) in [4.78, 5) is 23.4. The van der Waals surface area contributed by atoms with E-state index in [0.29, 0.717) is 11.6 Å². The molecule has 1 heterocycles. The van der Waals surface area contributed by atoms with Gasteiger partial charge in [0.05, 0.1) is 17.3 Å². The minimum absolute atomic E-state index is 0.120. The summed E-state index contributed by atoms with van der Waals surface area (Å²) >= 11 is 2.05. The maximum atomic E-state index is 12.2. The quantitative estimate of drug-likeness (QED) is 0.695. The molecule has 3 N–H and O–H groups in total. The minimum Gasteiger partial charge on any atom is -0.478 e. The number of piperidine rings is 1. The Labute approximate surface area is 131 Å². The van der Waals surface area contributed by atoms with E-state index in [4.69, 9.17) is 0 Å². The van der Waals surface area contributed by atoms with Gasteiger partial charge < -0.3 is 15.7 Å². The van der Waals surface area contributed by atoms with E-state index in [1.807, 2.05) is 22.6 Å². The highest BCUT2D eigenvalue weighted by Gasteiger charge is 2.25. The number of hydrogen-bond donors (Lipinski definition) is 3. The van der Waals surface area contributed by atoms with Crippen LogP contribution >= 0.6 is 22.6 Å². The van der Waals surface area contributed by atoms with Crippen molar-refractivity contribution in [2.45, 2.75) is 25.8 Å². The molecule has 1 aliphatic heterocycles. The molecule has 1 aromatic carbocycles. The lowest BCUT2D eigenvalue weighted by molar-refractivity contribution is -0.119. The molecular weight excluding hydrogens is 371 g/mol. The number of carboxylic acid groups (broad SMARTS) is 1. The van der Waals surface area contributed by atoms with Crippen LogP contribution in [0.3, 0.4) is 0 Å². The zero-order valence-electron chi connectivity index (χ0n) is 11.1. The Hall–Kier alpha value is -1.15. The molecule has 0 saturated carbocycles. The number of carbonyl (C=O) groups excluding carboxylic acids is 1. The summed E-state index contributed by atoms with van der Waals surface area (Å²) in [6.07, 6.45) is 1.84. The zero-order chi connectivity index (χ0) is 14.7. The topological polar surface area (TPSA) is 78.4 Å². The van der Waals surface area contributed by atoms with Crippen molar-refractivity contribution in [2.75, 3.05) is 11.9 Å². The number of carboxylic acids is 1. The average molecular weight is 388 g/mol. The zero-order valence-corrected chi connectivity index (χ0v) is 13.3. The molecule has 1 fully saturated rings. The molecule has 5 nitrogen and oxygen atoms in total. The second kappa shape index (κ2) is 6.53. The predicted octanol–water partition coefficient (Wildman–Crippen LogP) is 2.32. The number of nitrogens with one attached hydrogen (secondary N) is 2. The van der Waals surface area contributed by atoms with Crippen molar-refractivity contribution in [1.29, 1.82) is 0 Å². The molecule has 1 aliphatic rings. The highest BCUT2D eigenvalue weighted by Crippen LogP contribution is 2.21. The Morgan fingerprint density at radius 3 is 2.85 bits per heavy atom. The van der Waals surface area contributed by atoms with Gasteiger partial charge in [0.25, 0.3) is 0 Å². The number of halogens is 1. The number of amides is 1. The van der Waals surface area contributed by atoms with Crippen molar-refractivity contribution in [3.63, 3.8) is 0 Å². The predicted molar refractivity (Wildman–Crippen MR) is 84.9 cm³/mol. The summed E-state index contributed by atoms with van der Waals surface area (Å²) in [6, 6.07) is 4.71. The van der Waals surface area contributed by atoms with Gasteiger partial charge in [-0.2, -0.15) is 0 Å². The van der Waals surface area contributed by atoms with Crippen LogP contribution in [0.1, 0.15) is 30.1 Å². The van der Waals surface area contributed by atoms with Gasteiger partial charge in [-0.1, -0.05) is 6.92 Å². The van der Waals surface area contributed by atoms with E-state index in [-0.39, 0.29) is 17.5 Å². The summed E-state index contributed by atoms with van der Waals surface area (Å²) in [5, 5.41) is 15.1. The molecule has 0 spiro atoms. The van der Waals surface area contributed by atoms with Crippen molar-refractivity contribution < 1.29 is 14.7 Å².